The van der Waals surface area contributed by atoms with Crippen molar-refractivity contribution in [2.45, 2.75) is 25.7 Å². The van der Waals surface area contributed by atoms with Gasteiger partial charge in [-0.3, -0.25) is 10.1 Å². The van der Waals surface area contributed by atoms with E-state index in [1.54, 1.807) is 7.05 Å². The van der Waals surface area contributed by atoms with Crippen molar-refractivity contribution in [1.29, 1.82) is 0 Å². The zero-order chi connectivity index (χ0) is 17.5. The molecular formula is C16H20N4O3S. The summed E-state index contributed by atoms with van der Waals surface area (Å²) in [6.07, 6.45) is 0.780. The lowest BCUT2D eigenvalue weighted by Gasteiger charge is -2.15. The van der Waals surface area contributed by atoms with Gasteiger partial charge in [-0.05, 0) is 12.0 Å². The van der Waals surface area contributed by atoms with Crippen molar-refractivity contribution >= 4 is 28.5 Å². The monoisotopic (exact) mass is 348 g/mol. The van der Waals surface area contributed by atoms with Crippen LogP contribution in [0.4, 0.5) is 9.93 Å². The number of anilines is 1. The van der Waals surface area contributed by atoms with Crippen LogP contribution >= 0.6 is 11.3 Å². The van der Waals surface area contributed by atoms with Crippen LogP contribution in [-0.4, -0.2) is 45.8 Å². The first kappa shape index (κ1) is 17.9. The largest absolute Gasteiger partial charge is 0.481 e. The predicted molar refractivity (Wildman–Crippen MR) is 92.4 cm³/mol. The van der Waals surface area contributed by atoms with Crippen molar-refractivity contribution in [2.24, 2.45) is 0 Å². The van der Waals surface area contributed by atoms with Crippen LogP contribution in [0.1, 0.15) is 36.3 Å². The molecule has 0 aliphatic rings. The van der Waals surface area contributed by atoms with E-state index in [2.05, 4.69) is 22.4 Å². The minimum Gasteiger partial charge on any atom is -0.481 e. The minimum atomic E-state index is -0.943. The number of urea groups is 1. The fraction of sp³-hybridized carbons (Fsp3) is 0.375. The molecule has 1 atom stereocenters. The van der Waals surface area contributed by atoms with Crippen LogP contribution in [-0.2, 0) is 4.79 Å². The normalized spacial score (nSPS) is 11.8. The van der Waals surface area contributed by atoms with E-state index in [4.69, 9.17) is 5.11 Å². The van der Waals surface area contributed by atoms with E-state index in [1.807, 2.05) is 30.3 Å². The van der Waals surface area contributed by atoms with Gasteiger partial charge in [0.15, 0.2) is 0 Å². The lowest BCUT2D eigenvalue weighted by atomic mass is 9.97. The molecule has 0 radical (unpaired) electrons. The van der Waals surface area contributed by atoms with Crippen molar-refractivity contribution in [2.75, 3.05) is 18.9 Å². The fourth-order valence-electron chi connectivity index (χ4n) is 2.22. The number of rotatable bonds is 7. The minimum absolute atomic E-state index is 0.1000. The van der Waals surface area contributed by atoms with E-state index in [-0.39, 0.29) is 18.9 Å². The standard InChI is InChI=1S/C16H20N4O3S/c1-3-12(11-7-5-4-6-8-11)14-18-19-15(24-14)17-16(23)20(2)10-9-13(21)22/h4-8,12H,3,9-10H2,1-2H3,(H,21,22)(H,17,19,23). The van der Waals surface area contributed by atoms with E-state index in [9.17, 15) is 9.59 Å². The van der Waals surface area contributed by atoms with Crippen LogP contribution in [0.2, 0.25) is 0 Å². The van der Waals surface area contributed by atoms with Crippen LogP contribution in [0.15, 0.2) is 30.3 Å². The van der Waals surface area contributed by atoms with Crippen LogP contribution in [0.3, 0.4) is 0 Å². The molecule has 2 amide bonds. The van der Waals surface area contributed by atoms with Gasteiger partial charge >= 0.3 is 12.0 Å². The number of carboxylic acids is 1. The van der Waals surface area contributed by atoms with Gasteiger partial charge in [0.25, 0.3) is 0 Å². The Labute approximate surface area is 144 Å². The number of hydrogen-bond donors (Lipinski definition) is 2. The predicted octanol–water partition coefficient (Wildman–Crippen LogP) is 3.02. The number of carbonyl (C=O) groups is 2. The Morgan fingerprint density at radius 3 is 2.62 bits per heavy atom. The number of amides is 2. The molecule has 1 heterocycles. The van der Waals surface area contributed by atoms with Crippen molar-refractivity contribution in [3.05, 3.63) is 40.9 Å². The third-order valence-electron chi connectivity index (χ3n) is 3.57. The van der Waals surface area contributed by atoms with Gasteiger partial charge in [-0.15, -0.1) is 10.2 Å². The molecule has 1 aromatic carbocycles. The van der Waals surface area contributed by atoms with Gasteiger partial charge in [0, 0.05) is 19.5 Å². The molecule has 0 bridgehead atoms. The highest BCUT2D eigenvalue weighted by Gasteiger charge is 2.19. The Morgan fingerprint density at radius 1 is 1.29 bits per heavy atom. The molecular weight excluding hydrogens is 328 g/mol. The maximum atomic E-state index is 12.0. The van der Waals surface area contributed by atoms with Crippen molar-refractivity contribution in [1.82, 2.24) is 15.1 Å². The zero-order valence-electron chi connectivity index (χ0n) is 13.6. The molecule has 0 aliphatic heterocycles. The van der Waals surface area contributed by atoms with Crippen LogP contribution in [0.5, 0.6) is 0 Å². The zero-order valence-corrected chi connectivity index (χ0v) is 14.4. The number of hydrogen-bond acceptors (Lipinski definition) is 5. The number of benzene rings is 1. The van der Waals surface area contributed by atoms with E-state index < -0.39 is 12.0 Å². The summed E-state index contributed by atoms with van der Waals surface area (Å²) in [5.41, 5.74) is 1.16. The number of nitrogens with one attached hydrogen (secondary N) is 1. The smallest absolute Gasteiger partial charge is 0.323 e. The Bertz CT molecular complexity index is 690. The van der Waals surface area contributed by atoms with Crippen LogP contribution < -0.4 is 5.32 Å². The van der Waals surface area contributed by atoms with Gasteiger partial charge in [0.05, 0.1) is 6.42 Å². The first-order valence-electron chi connectivity index (χ1n) is 7.63. The molecule has 7 nitrogen and oxygen atoms in total. The van der Waals surface area contributed by atoms with Gasteiger partial charge < -0.3 is 10.0 Å². The molecule has 0 spiro atoms. The summed E-state index contributed by atoms with van der Waals surface area (Å²) in [6, 6.07) is 9.64. The van der Waals surface area contributed by atoms with Crippen LogP contribution in [0.25, 0.3) is 0 Å². The molecule has 0 saturated heterocycles. The SMILES string of the molecule is CCC(c1ccccc1)c1nnc(NC(=O)N(C)CCC(=O)O)s1. The molecule has 1 unspecified atom stereocenters. The van der Waals surface area contributed by atoms with Crippen molar-refractivity contribution in [3.63, 3.8) is 0 Å². The van der Waals surface area contributed by atoms with Gasteiger partial charge in [0.1, 0.15) is 5.01 Å². The Hall–Kier alpha value is -2.48. The summed E-state index contributed by atoms with van der Waals surface area (Å²) in [5.74, 6) is -0.805. The highest BCUT2D eigenvalue weighted by Crippen LogP contribution is 2.31. The lowest BCUT2D eigenvalue weighted by Crippen LogP contribution is -2.33. The Balaban J connectivity index is 2.02. The molecule has 0 fully saturated rings. The average Bonchev–Trinajstić information content (AvgIpc) is 3.02. The molecule has 2 N–H and O–H groups in total. The number of carboxylic acid groups (broad SMARTS) is 1. The van der Waals surface area contributed by atoms with E-state index in [0.717, 1.165) is 17.0 Å². The molecule has 0 aliphatic carbocycles. The van der Waals surface area contributed by atoms with Gasteiger partial charge in [-0.1, -0.05) is 48.6 Å². The van der Waals surface area contributed by atoms with Crippen molar-refractivity contribution in [3.8, 4) is 0 Å². The molecule has 8 heteroatoms. The van der Waals surface area contributed by atoms with Gasteiger partial charge in [-0.2, -0.15) is 0 Å². The quantitative estimate of drug-likeness (QED) is 0.802. The second-order valence-electron chi connectivity index (χ2n) is 5.31. The highest BCUT2D eigenvalue weighted by molar-refractivity contribution is 7.15. The van der Waals surface area contributed by atoms with Gasteiger partial charge in [-0.25, -0.2) is 4.79 Å². The van der Waals surface area contributed by atoms with Gasteiger partial charge in [0.2, 0.25) is 5.13 Å². The maximum absolute atomic E-state index is 12.0. The molecule has 2 rings (SSSR count). The second-order valence-corrected chi connectivity index (χ2v) is 6.32. The number of aliphatic carboxylic acids is 1. The topological polar surface area (TPSA) is 95.4 Å². The van der Waals surface area contributed by atoms with E-state index in [0.29, 0.717) is 5.13 Å². The maximum Gasteiger partial charge on any atom is 0.323 e. The van der Waals surface area contributed by atoms with E-state index in [1.165, 1.54) is 16.2 Å². The third-order valence-corrected chi connectivity index (χ3v) is 4.52. The molecule has 1 aromatic heterocycles. The molecule has 24 heavy (non-hydrogen) atoms. The fourth-order valence-corrected chi connectivity index (χ4v) is 3.16. The summed E-state index contributed by atoms with van der Waals surface area (Å²) in [6.45, 7) is 2.21. The first-order valence-corrected chi connectivity index (χ1v) is 8.45. The summed E-state index contributed by atoms with van der Waals surface area (Å²) < 4.78 is 0. The third kappa shape index (κ3) is 4.76. The Morgan fingerprint density at radius 2 is 2.00 bits per heavy atom. The average molecular weight is 348 g/mol. The summed E-state index contributed by atoms with van der Waals surface area (Å²) in [4.78, 5) is 23.9. The summed E-state index contributed by atoms with van der Waals surface area (Å²) in [5, 5.41) is 20.8. The number of nitrogens with zero attached hydrogens (tertiary/aromatic N) is 3. The van der Waals surface area contributed by atoms with Crippen molar-refractivity contribution < 1.29 is 14.7 Å². The van der Waals surface area contributed by atoms with E-state index >= 15 is 0 Å². The summed E-state index contributed by atoms with van der Waals surface area (Å²) >= 11 is 1.33. The lowest BCUT2D eigenvalue weighted by molar-refractivity contribution is -0.137. The molecule has 2 aromatic rings. The molecule has 0 saturated carbocycles. The van der Waals surface area contributed by atoms with Crippen LogP contribution in [0, 0.1) is 0 Å². The first-order chi connectivity index (χ1) is 11.5. The highest BCUT2D eigenvalue weighted by atomic mass is 32.1. The Kier molecular flexibility index (Phi) is 6.25. The summed E-state index contributed by atoms with van der Waals surface area (Å²) in [7, 11) is 1.54. The second kappa shape index (κ2) is 8.39. The number of aromatic nitrogens is 2. The number of carbonyl (C=O) groups excluding carboxylic acids is 1. The molecule has 128 valence electrons.